The highest BCUT2D eigenvalue weighted by atomic mass is 79.9. The number of hydrogen-bond acceptors (Lipinski definition) is 9. The number of halogens is 4. The lowest BCUT2D eigenvalue weighted by molar-refractivity contribution is 0.0131. The Kier molecular flexibility index (Phi) is 7.80. The van der Waals surface area contributed by atoms with Gasteiger partial charge < -0.3 is 35.4 Å². The molecule has 4 heterocycles. The van der Waals surface area contributed by atoms with Crippen LogP contribution in [0.25, 0.3) is 0 Å². The van der Waals surface area contributed by atoms with Crippen LogP contribution in [0.2, 0.25) is 0 Å². The molecule has 0 bridgehead atoms. The van der Waals surface area contributed by atoms with Crippen molar-refractivity contribution in [3.8, 4) is 5.75 Å². The summed E-state index contributed by atoms with van der Waals surface area (Å²) in [6.45, 7) is 8.34. The maximum absolute atomic E-state index is 13.6. The number of carbonyl (C=O) groups is 2. The first kappa shape index (κ1) is 29.4. The predicted molar refractivity (Wildman–Crippen MR) is 155 cm³/mol. The number of aliphatic hydroxyl groups excluding tert-OH is 1. The molecule has 0 radical (unpaired) electrons. The zero-order chi connectivity index (χ0) is 29.0. The normalized spacial score (nSPS) is 30.0. The summed E-state index contributed by atoms with van der Waals surface area (Å²) < 4.78 is 9.18. The lowest BCUT2D eigenvalue weighted by atomic mass is 9.79. The number of rotatable bonds is 4. The van der Waals surface area contributed by atoms with Gasteiger partial charge in [-0.15, -0.1) is 0 Å². The molecule has 0 unspecified atom stereocenters. The van der Waals surface area contributed by atoms with E-state index in [9.17, 15) is 14.7 Å². The number of aliphatic hydroxyl groups is 1. The summed E-state index contributed by atoms with van der Waals surface area (Å²) in [7, 11) is 0. The van der Waals surface area contributed by atoms with E-state index in [0.717, 1.165) is 12.0 Å². The molecule has 1 spiro atoms. The molecular weight excluding hydrogens is 651 g/mol. The van der Waals surface area contributed by atoms with Crippen molar-refractivity contribution in [2.45, 2.75) is 59.4 Å². The summed E-state index contributed by atoms with van der Waals surface area (Å²) in [4.78, 5) is 32.6. The van der Waals surface area contributed by atoms with Crippen LogP contribution in [-0.2, 0) is 10.2 Å². The van der Waals surface area contributed by atoms with Gasteiger partial charge in [-0.25, -0.2) is 9.79 Å². The molecule has 2 saturated heterocycles. The number of aliphatic imine (C=N–C) groups is 1. The number of alkyl carbamates (subject to hydrolysis) is 1. The van der Waals surface area contributed by atoms with Gasteiger partial charge in [0.25, 0.3) is 5.91 Å². The van der Waals surface area contributed by atoms with E-state index >= 15 is 0 Å². The van der Waals surface area contributed by atoms with E-state index in [1.807, 2.05) is 12.1 Å². The molecule has 15 heteroatoms. The van der Waals surface area contributed by atoms with Crippen LogP contribution in [-0.4, -0.2) is 86.7 Å². The fourth-order valence-electron chi connectivity index (χ4n) is 5.83. The van der Waals surface area contributed by atoms with Gasteiger partial charge in [0, 0.05) is 17.4 Å². The van der Waals surface area contributed by atoms with E-state index in [4.69, 9.17) is 44.3 Å². The smallest absolute Gasteiger partial charge is 0.414 e. The Morgan fingerprint density at radius 2 is 2.12 bits per heavy atom. The zero-order valence-electron chi connectivity index (χ0n) is 21.8. The minimum atomic E-state index is -1.79. The zero-order valence-corrected chi connectivity index (χ0v) is 25.6. The molecular formula is C25H30BrCl3N6O5. The van der Waals surface area contributed by atoms with Crippen molar-refractivity contribution in [1.82, 2.24) is 26.2 Å². The number of fused-ring (bicyclic) bond motifs is 1. The van der Waals surface area contributed by atoms with Gasteiger partial charge in [-0.2, -0.15) is 0 Å². The van der Waals surface area contributed by atoms with Crippen LogP contribution in [0.15, 0.2) is 35.6 Å². The molecule has 1 aromatic rings. The highest BCUT2D eigenvalue weighted by molar-refractivity contribution is 9.09. The molecule has 2 amide bonds. The Balaban J connectivity index is 1.43. The maximum atomic E-state index is 13.6. The lowest BCUT2D eigenvalue weighted by Gasteiger charge is -2.47. The quantitative estimate of drug-likeness (QED) is 0.306. The van der Waals surface area contributed by atoms with Gasteiger partial charge in [0.05, 0.1) is 36.1 Å². The topological polar surface area (TPSA) is 137 Å². The third-order valence-electron chi connectivity index (χ3n) is 7.76. The van der Waals surface area contributed by atoms with Crippen LogP contribution in [0.5, 0.6) is 5.75 Å². The van der Waals surface area contributed by atoms with Crippen molar-refractivity contribution < 1.29 is 24.2 Å². The standard InChI is InChI=1S/C25H30BrCl3N6O5/c1-12-30-18-15(9-26)32-21(33-22(38)40-11-24(27,28)29)35-10-16(19(36)25(18,35)34-12)31-20(37)13-5-4-6-14-17(13)39-8-7-23(14,2)3/h4-6,15-16,18-19,30,34,36H,1,7-11H2,2-3H3,(H,31,37)(H,32,33,38)/t15-,16-,18-,19-,25-/m0/s1. The molecule has 4 aliphatic rings. The molecule has 0 aliphatic carbocycles. The lowest BCUT2D eigenvalue weighted by Crippen LogP contribution is -2.73. The van der Waals surface area contributed by atoms with Crippen LogP contribution in [0.1, 0.15) is 36.2 Å². The van der Waals surface area contributed by atoms with E-state index in [-0.39, 0.29) is 23.8 Å². The Morgan fingerprint density at radius 3 is 2.83 bits per heavy atom. The van der Waals surface area contributed by atoms with E-state index in [1.54, 1.807) is 11.0 Å². The fraction of sp³-hybridized carbons (Fsp3) is 0.560. The average Bonchev–Trinajstić information content (AvgIpc) is 3.37. The minimum absolute atomic E-state index is 0.102. The fourth-order valence-corrected chi connectivity index (χ4v) is 6.51. The largest absolute Gasteiger partial charge is 0.492 e. The van der Waals surface area contributed by atoms with Crippen LogP contribution in [0.4, 0.5) is 4.79 Å². The summed E-state index contributed by atoms with van der Waals surface area (Å²) in [5.41, 5.74) is 0.00994. The Hall–Kier alpha value is -2.12. The van der Waals surface area contributed by atoms with Crippen molar-refractivity contribution in [1.29, 1.82) is 0 Å². The number of guanidine groups is 1. The van der Waals surface area contributed by atoms with E-state index in [0.29, 0.717) is 29.1 Å². The van der Waals surface area contributed by atoms with Gasteiger partial charge in [0.2, 0.25) is 9.75 Å². The molecule has 40 heavy (non-hydrogen) atoms. The first-order valence-electron chi connectivity index (χ1n) is 12.7. The molecule has 5 N–H and O–H groups in total. The highest BCUT2D eigenvalue weighted by Gasteiger charge is 2.66. The number of ether oxygens (including phenoxy) is 2. The third-order valence-corrected chi connectivity index (χ3v) is 8.75. The second-order valence-corrected chi connectivity index (χ2v) is 14.0. The molecule has 11 nitrogen and oxygen atoms in total. The number of hydrogen-bond donors (Lipinski definition) is 5. The van der Waals surface area contributed by atoms with Crippen LogP contribution < -0.4 is 26.0 Å². The molecule has 2 fully saturated rings. The molecule has 0 saturated carbocycles. The average molecular weight is 681 g/mol. The Bertz CT molecular complexity index is 1260. The molecule has 5 atom stereocenters. The van der Waals surface area contributed by atoms with Crippen LogP contribution >= 0.6 is 50.7 Å². The van der Waals surface area contributed by atoms with E-state index in [1.165, 1.54) is 0 Å². The number of benzene rings is 1. The predicted octanol–water partition coefficient (Wildman–Crippen LogP) is 2.48. The first-order chi connectivity index (χ1) is 18.8. The van der Waals surface area contributed by atoms with Crippen molar-refractivity contribution >= 4 is 68.7 Å². The van der Waals surface area contributed by atoms with Crippen molar-refractivity contribution in [3.63, 3.8) is 0 Å². The summed E-state index contributed by atoms with van der Waals surface area (Å²) in [5, 5.41) is 24.2. The van der Waals surface area contributed by atoms with Crippen molar-refractivity contribution in [2.75, 3.05) is 25.1 Å². The van der Waals surface area contributed by atoms with E-state index in [2.05, 4.69) is 62.6 Å². The minimum Gasteiger partial charge on any atom is -0.492 e. The van der Waals surface area contributed by atoms with Gasteiger partial charge in [0.15, 0.2) is 5.66 Å². The number of alkyl halides is 4. The van der Waals surface area contributed by atoms with Gasteiger partial charge in [-0.1, -0.05) is 83.3 Å². The monoisotopic (exact) mass is 678 g/mol. The number of nitrogens with zero attached hydrogens (tertiary/aromatic N) is 2. The van der Waals surface area contributed by atoms with Crippen molar-refractivity contribution in [2.24, 2.45) is 4.99 Å². The SMILES string of the molecule is C=C1N[C@H]2[C@H](CBr)N=C(NC(=O)OCC(Cl)(Cl)Cl)N3C[C@H](NC(=O)c4cccc5c4OCCC5(C)C)[C@H](O)[C@]23N1. The number of nitrogens with one attached hydrogen (secondary N) is 4. The maximum Gasteiger partial charge on any atom is 0.414 e. The summed E-state index contributed by atoms with van der Waals surface area (Å²) >= 11 is 20.6. The molecule has 0 aromatic heterocycles. The van der Waals surface area contributed by atoms with Crippen LogP contribution in [0, 0.1) is 0 Å². The second kappa shape index (κ2) is 10.6. The van der Waals surface area contributed by atoms with Crippen LogP contribution in [0.3, 0.4) is 0 Å². The third kappa shape index (κ3) is 5.17. The van der Waals surface area contributed by atoms with Gasteiger partial charge >= 0.3 is 6.09 Å². The van der Waals surface area contributed by atoms with Gasteiger partial charge in [0.1, 0.15) is 18.5 Å². The van der Waals surface area contributed by atoms with Gasteiger partial charge in [-0.05, 0) is 17.9 Å². The number of para-hydroxylation sites is 1. The molecule has 218 valence electrons. The second-order valence-electron chi connectivity index (χ2n) is 10.8. The first-order valence-corrected chi connectivity index (χ1v) is 14.9. The summed E-state index contributed by atoms with van der Waals surface area (Å²) in [5.74, 6) is 0.750. The molecule has 4 aliphatic heterocycles. The molecule has 5 rings (SSSR count). The van der Waals surface area contributed by atoms with Gasteiger partial charge in [-0.3, -0.25) is 10.1 Å². The summed E-state index contributed by atoms with van der Waals surface area (Å²) in [6.07, 6.45) is -1.20. The summed E-state index contributed by atoms with van der Waals surface area (Å²) in [6, 6.07) is 3.85. The Labute approximate surface area is 255 Å². The van der Waals surface area contributed by atoms with Crippen molar-refractivity contribution in [3.05, 3.63) is 41.7 Å². The Morgan fingerprint density at radius 1 is 1.38 bits per heavy atom. The molecule has 1 aromatic carbocycles. The number of carbonyl (C=O) groups excluding carboxylic acids is 2. The number of amides is 2. The van der Waals surface area contributed by atoms with E-state index < -0.39 is 46.4 Å². The highest BCUT2D eigenvalue weighted by Crippen LogP contribution is 2.42.